The smallest absolute Gasteiger partial charge is 0.0764 e. The zero-order chi connectivity index (χ0) is 10.3. The number of aliphatic hydroxyl groups excluding tert-OH is 1. The maximum Gasteiger partial charge on any atom is 0.0764 e. The molecule has 0 aromatic carbocycles. The third kappa shape index (κ3) is 1.69. The first kappa shape index (κ1) is 9.71. The van der Waals surface area contributed by atoms with Crippen molar-refractivity contribution in [3.05, 3.63) is 17.0 Å². The molecule has 1 aromatic rings. The van der Waals surface area contributed by atoms with Crippen LogP contribution in [0.15, 0.2) is 0 Å². The predicted molar refractivity (Wildman–Crippen MR) is 55.2 cm³/mol. The van der Waals surface area contributed by atoms with Crippen LogP contribution in [0.5, 0.6) is 0 Å². The fourth-order valence-electron chi connectivity index (χ4n) is 1.77. The van der Waals surface area contributed by atoms with Crippen molar-refractivity contribution in [2.24, 2.45) is 5.92 Å². The van der Waals surface area contributed by atoms with E-state index in [1.54, 1.807) is 0 Å². The summed E-state index contributed by atoms with van der Waals surface area (Å²) < 4.78 is 1.94. The Labute approximate surface area is 84.7 Å². The Morgan fingerprint density at radius 1 is 1.43 bits per heavy atom. The van der Waals surface area contributed by atoms with Gasteiger partial charge >= 0.3 is 0 Å². The molecule has 0 amide bonds. The maximum atomic E-state index is 9.81. The monoisotopic (exact) mass is 194 g/mol. The van der Waals surface area contributed by atoms with Gasteiger partial charge in [-0.3, -0.25) is 4.68 Å². The number of hydrogen-bond acceptors (Lipinski definition) is 2. The van der Waals surface area contributed by atoms with Gasteiger partial charge in [0.15, 0.2) is 0 Å². The molecule has 1 aliphatic carbocycles. The molecule has 0 aliphatic heterocycles. The summed E-state index contributed by atoms with van der Waals surface area (Å²) in [4.78, 5) is 0. The van der Waals surface area contributed by atoms with Gasteiger partial charge in [0.2, 0.25) is 0 Å². The van der Waals surface area contributed by atoms with Gasteiger partial charge in [-0.1, -0.05) is 0 Å². The Kier molecular flexibility index (Phi) is 2.35. The Balaban J connectivity index is 2.11. The van der Waals surface area contributed by atoms with E-state index < -0.39 is 0 Å². The molecule has 1 heterocycles. The van der Waals surface area contributed by atoms with E-state index in [0.717, 1.165) is 5.69 Å². The van der Waals surface area contributed by atoms with Crippen LogP contribution in [0.4, 0.5) is 0 Å². The van der Waals surface area contributed by atoms with Gasteiger partial charge < -0.3 is 5.11 Å². The first-order chi connectivity index (χ1) is 6.59. The molecular formula is C11H18N2O. The van der Waals surface area contributed by atoms with Crippen LogP contribution in [0.1, 0.15) is 29.8 Å². The fraction of sp³-hybridized carbons (Fsp3) is 0.727. The quantitative estimate of drug-likeness (QED) is 0.793. The van der Waals surface area contributed by atoms with Crippen molar-refractivity contribution in [1.29, 1.82) is 0 Å². The number of nitrogens with zero attached hydrogens (tertiary/aromatic N) is 2. The zero-order valence-electron chi connectivity index (χ0n) is 9.12. The van der Waals surface area contributed by atoms with Crippen LogP contribution in [0.25, 0.3) is 0 Å². The van der Waals surface area contributed by atoms with Gasteiger partial charge in [-0.25, -0.2) is 0 Å². The largest absolute Gasteiger partial charge is 0.391 e. The molecule has 0 saturated heterocycles. The lowest BCUT2D eigenvalue weighted by atomic mass is 10.2. The topological polar surface area (TPSA) is 38.0 Å². The molecule has 1 aliphatic rings. The second-order valence-electron chi connectivity index (χ2n) is 4.38. The minimum atomic E-state index is -0.201. The molecule has 1 saturated carbocycles. The van der Waals surface area contributed by atoms with Crippen LogP contribution in [0.3, 0.4) is 0 Å². The molecule has 1 unspecified atom stereocenters. The summed E-state index contributed by atoms with van der Waals surface area (Å²) in [5.41, 5.74) is 3.50. The van der Waals surface area contributed by atoms with E-state index in [4.69, 9.17) is 0 Å². The summed E-state index contributed by atoms with van der Waals surface area (Å²) in [5.74, 6) is 0.527. The Morgan fingerprint density at radius 3 is 2.50 bits per heavy atom. The van der Waals surface area contributed by atoms with Crippen molar-refractivity contribution < 1.29 is 5.11 Å². The second kappa shape index (κ2) is 3.39. The molecule has 1 atom stereocenters. The number of aromatic nitrogens is 2. The Hall–Kier alpha value is -0.830. The molecule has 78 valence electrons. The summed E-state index contributed by atoms with van der Waals surface area (Å²) in [5, 5.41) is 14.2. The van der Waals surface area contributed by atoms with E-state index in [2.05, 4.69) is 18.9 Å². The van der Waals surface area contributed by atoms with Crippen molar-refractivity contribution in [2.45, 2.75) is 46.3 Å². The van der Waals surface area contributed by atoms with Gasteiger partial charge in [0.25, 0.3) is 0 Å². The van der Waals surface area contributed by atoms with Crippen molar-refractivity contribution in [1.82, 2.24) is 9.78 Å². The highest BCUT2D eigenvalue weighted by Gasteiger charge is 2.30. The molecule has 14 heavy (non-hydrogen) atoms. The van der Waals surface area contributed by atoms with E-state index in [1.165, 1.54) is 24.1 Å². The molecule has 1 N–H and O–H groups in total. The molecule has 0 spiro atoms. The summed E-state index contributed by atoms with van der Waals surface area (Å²) in [7, 11) is 0. The van der Waals surface area contributed by atoms with Crippen LogP contribution < -0.4 is 0 Å². The van der Waals surface area contributed by atoms with Gasteiger partial charge in [0.1, 0.15) is 0 Å². The third-order valence-electron chi connectivity index (χ3n) is 3.27. The number of aliphatic hydroxyl groups is 1. The number of aryl methyl sites for hydroxylation is 1. The Bertz CT molecular complexity index is 339. The highest BCUT2D eigenvalue weighted by Crippen LogP contribution is 2.33. The second-order valence-corrected chi connectivity index (χ2v) is 4.38. The standard InChI is InChI=1S/C11H18N2O/c1-7-8(2)12-13(9(7)3)6-11(14)10-4-5-10/h10-11,14H,4-6H2,1-3H3. The van der Waals surface area contributed by atoms with Crippen LogP contribution >= 0.6 is 0 Å². The average Bonchev–Trinajstić information content (AvgIpc) is 2.93. The van der Waals surface area contributed by atoms with Gasteiger partial charge in [-0.2, -0.15) is 5.10 Å². The fourth-order valence-corrected chi connectivity index (χ4v) is 1.77. The lowest BCUT2D eigenvalue weighted by Crippen LogP contribution is -2.19. The minimum Gasteiger partial charge on any atom is -0.391 e. The summed E-state index contributed by atoms with van der Waals surface area (Å²) >= 11 is 0. The summed E-state index contributed by atoms with van der Waals surface area (Å²) in [6.07, 6.45) is 2.16. The average molecular weight is 194 g/mol. The number of rotatable bonds is 3. The molecular weight excluding hydrogens is 176 g/mol. The number of hydrogen-bond donors (Lipinski definition) is 1. The van der Waals surface area contributed by atoms with Gasteiger partial charge in [0.05, 0.1) is 18.3 Å². The van der Waals surface area contributed by atoms with Crippen molar-refractivity contribution >= 4 is 0 Å². The normalized spacial score (nSPS) is 18.6. The molecule has 1 aromatic heterocycles. The van der Waals surface area contributed by atoms with Crippen molar-refractivity contribution in [2.75, 3.05) is 0 Å². The zero-order valence-corrected chi connectivity index (χ0v) is 9.12. The third-order valence-corrected chi connectivity index (χ3v) is 3.27. The van der Waals surface area contributed by atoms with Crippen LogP contribution in [0, 0.1) is 26.7 Å². The molecule has 1 fully saturated rings. The predicted octanol–water partition coefficient (Wildman–Crippen LogP) is 1.58. The SMILES string of the molecule is Cc1nn(CC(O)C2CC2)c(C)c1C. The lowest BCUT2D eigenvalue weighted by Gasteiger charge is -2.10. The molecule has 2 rings (SSSR count). The van der Waals surface area contributed by atoms with Crippen LogP contribution in [-0.4, -0.2) is 21.0 Å². The lowest BCUT2D eigenvalue weighted by molar-refractivity contribution is 0.126. The van der Waals surface area contributed by atoms with E-state index in [1.807, 2.05) is 11.6 Å². The highest BCUT2D eigenvalue weighted by atomic mass is 16.3. The van der Waals surface area contributed by atoms with E-state index in [9.17, 15) is 5.11 Å². The van der Waals surface area contributed by atoms with Crippen LogP contribution in [0.2, 0.25) is 0 Å². The summed E-state index contributed by atoms with van der Waals surface area (Å²) in [6.45, 7) is 6.82. The first-order valence-electron chi connectivity index (χ1n) is 5.28. The molecule has 3 nitrogen and oxygen atoms in total. The van der Waals surface area contributed by atoms with Crippen LogP contribution in [-0.2, 0) is 6.54 Å². The van der Waals surface area contributed by atoms with Gasteiger partial charge in [-0.05, 0) is 45.1 Å². The maximum absolute atomic E-state index is 9.81. The van der Waals surface area contributed by atoms with Crippen molar-refractivity contribution in [3.63, 3.8) is 0 Å². The van der Waals surface area contributed by atoms with E-state index in [0.29, 0.717) is 12.5 Å². The summed E-state index contributed by atoms with van der Waals surface area (Å²) in [6, 6.07) is 0. The van der Waals surface area contributed by atoms with Crippen molar-refractivity contribution in [3.8, 4) is 0 Å². The first-order valence-corrected chi connectivity index (χ1v) is 5.28. The van der Waals surface area contributed by atoms with Gasteiger partial charge in [0, 0.05) is 5.69 Å². The highest BCUT2D eigenvalue weighted by molar-refractivity contribution is 5.22. The molecule has 0 radical (unpaired) electrons. The molecule has 0 bridgehead atoms. The van der Waals surface area contributed by atoms with E-state index >= 15 is 0 Å². The molecule has 3 heteroatoms. The minimum absolute atomic E-state index is 0.201. The van der Waals surface area contributed by atoms with Gasteiger partial charge in [-0.15, -0.1) is 0 Å². The van der Waals surface area contributed by atoms with E-state index in [-0.39, 0.29) is 6.10 Å². The Morgan fingerprint density at radius 2 is 2.07 bits per heavy atom.